The zero-order valence-electron chi connectivity index (χ0n) is 8.24. The van der Waals surface area contributed by atoms with Crippen LogP contribution in [0.2, 0.25) is 0 Å². The summed E-state index contributed by atoms with van der Waals surface area (Å²) in [6, 6.07) is -0.104. The van der Waals surface area contributed by atoms with Gasteiger partial charge in [0, 0.05) is 0 Å². The minimum absolute atomic E-state index is 0.104. The van der Waals surface area contributed by atoms with Gasteiger partial charge in [0.1, 0.15) is 5.60 Å². The molecule has 0 aromatic carbocycles. The predicted octanol–water partition coefficient (Wildman–Crippen LogP) is 0.496. The maximum atomic E-state index is 11.3. The predicted molar refractivity (Wildman–Crippen MR) is 46.9 cm³/mol. The van der Waals surface area contributed by atoms with Crippen molar-refractivity contribution in [1.29, 1.82) is 0 Å². The Balaban J connectivity index is 2.41. The number of nitrogens with zero attached hydrogens (tertiary/aromatic N) is 1. The van der Waals surface area contributed by atoms with Gasteiger partial charge >= 0.3 is 6.09 Å². The molecule has 1 aliphatic heterocycles. The zero-order chi connectivity index (χ0) is 10.1. The Bertz CT molecular complexity index is 200. The second-order valence-electron chi connectivity index (χ2n) is 4.10. The van der Waals surface area contributed by atoms with Crippen molar-refractivity contribution in [2.45, 2.75) is 32.4 Å². The number of ether oxygens (including phenoxy) is 1. The van der Waals surface area contributed by atoms with Gasteiger partial charge in [-0.15, -0.1) is 0 Å². The van der Waals surface area contributed by atoms with E-state index in [9.17, 15) is 4.79 Å². The van der Waals surface area contributed by atoms with Crippen molar-refractivity contribution in [3.05, 3.63) is 0 Å². The molecule has 1 aliphatic rings. The molecule has 2 N–H and O–H groups in total. The normalized spacial score (nSPS) is 23.4. The summed E-state index contributed by atoms with van der Waals surface area (Å²) in [5, 5.41) is 1.16. The Labute approximate surface area is 77.7 Å². The van der Waals surface area contributed by atoms with E-state index in [1.165, 1.54) is 0 Å². The van der Waals surface area contributed by atoms with Gasteiger partial charge in [-0.1, -0.05) is 0 Å². The third-order valence-corrected chi connectivity index (χ3v) is 1.44. The standard InChI is InChI=1S/C8H16N2O3/c1-8(2,3)13-7(11)10-4-6(9)5-12-10/h6H,4-5,9H2,1-3H3/t6-/m1/s1. The van der Waals surface area contributed by atoms with Crippen LogP contribution in [0.5, 0.6) is 0 Å². The van der Waals surface area contributed by atoms with Crippen LogP contribution >= 0.6 is 0 Å². The Morgan fingerprint density at radius 2 is 2.23 bits per heavy atom. The summed E-state index contributed by atoms with van der Waals surface area (Å²) in [6.07, 6.45) is -0.472. The van der Waals surface area contributed by atoms with Crippen LogP contribution in [0.15, 0.2) is 0 Å². The first kappa shape index (κ1) is 10.3. The molecule has 5 nitrogen and oxygen atoms in total. The van der Waals surface area contributed by atoms with Crippen molar-refractivity contribution in [2.24, 2.45) is 5.73 Å². The maximum Gasteiger partial charge on any atom is 0.434 e. The molecule has 0 spiro atoms. The van der Waals surface area contributed by atoms with E-state index < -0.39 is 11.7 Å². The lowest BCUT2D eigenvalue weighted by Gasteiger charge is -2.23. The van der Waals surface area contributed by atoms with E-state index in [1.807, 2.05) is 0 Å². The van der Waals surface area contributed by atoms with Crippen molar-refractivity contribution in [1.82, 2.24) is 5.06 Å². The summed E-state index contributed by atoms with van der Waals surface area (Å²) >= 11 is 0. The van der Waals surface area contributed by atoms with Gasteiger partial charge in [0.25, 0.3) is 0 Å². The SMILES string of the molecule is CC(C)(C)OC(=O)N1C[C@@H](N)CO1. The first-order valence-corrected chi connectivity index (χ1v) is 4.27. The highest BCUT2D eigenvalue weighted by Gasteiger charge is 2.29. The molecule has 13 heavy (non-hydrogen) atoms. The highest BCUT2D eigenvalue weighted by Crippen LogP contribution is 2.12. The summed E-state index contributed by atoms with van der Waals surface area (Å²) in [5.74, 6) is 0. The van der Waals surface area contributed by atoms with Crippen LogP contribution in [-0.2, 0) is 9.57 Å². The lowest BCUT2D eigenvalue weighted by atomic mass is 10.2. The van der Waals surface area contributed by atoms with Gasteiger partial charge in [0.2, 0.25) is 0 Å². The van der Waals surface area contributed by atoms with E-state index >= 15 is 0 Å². The Morgan fingerprint density at radius 1 is 1.62 bits per heavy atom. The third-order valence-electron chi connectivity index (χ3n) is 1.44. The minimum Gasteiger partial charge on any atom is -0.442 e. The van der Waals surface area contributed by atoms with Crippen LogP contribution in [0.3, 0.4) is 0 Å². The number of nitrogens with two attached hydrogens (primary N) is 1. The topological polar surface area (TPSA) is 64.8 Å². The largest absolute Gasteiger partial charge is 0.442 e. The lowest BCUT2D eigenvalue weighted by molar-refractivity contribution is -0.107. The van der Waals surface area contributed by atoms with Gasteiger partial charge in [0.15, 0.2) is 0 Å². The number of hydrogen-bond donors (Lipinski definition) is 1. The first-order chi connectivity index (χ1) is 5.88. The zero-order valence-corrected chi connectivity index (χ0v) is 8.24. The van der Waals surface area contributed by atoms with Gasteiger partial charge < -0.3 is 10.5 Å². The van der Waals surface area contributed by atoms with Gasteiger partial charge in [-0.3, -0.25) is 4.84 Å². The van der Waals surface area contributed by atoms with Crippen LogP contribution in [-0.4, -0.2) is 36.0 Å². The Kier molecular flexibility index (Phi) is 2.77. The molecule has 0 bridgehead atoms. The van der Waals surface area contributed by atoms with E-state index in [2.05, 4.69) is 0 Å². The highest BCUT2D eigenvalue weighted by molar-refractivity contribution is 5.67. The van der Waals surface area contributed by atoms with E-state index in [4.69, 9.17) is 15.3 Å². The van der Waals surface area contributed by atoms with Crippen molar-refractivity contribution in [3.8, 4) is 0 Å². The molecule has 0 aromatic heterocycles. The molecule has 0 aromatic rings. The Hall–Kier alpha value is -0.810. The van der Waals surface area contributed by atoms with Gasteiger partial charge in [-0.25, -0.2) is 4.79 Å². The number of carbonyl (C=O) groups is 1. The highest BCUT2D eigenvalue weighted by atomic mass is 16.7. The molecule has 5 heteroatoms. The van der Waals surface area contributed by atoms with E-state index in [0.717, 1.165) is 5.06 Å². The van der Waals surface area contributed by atoms with Crippen molar-refractivity contribution in [3.63, 3.8) is 0 Å². The van der Waals surface area contributed by atoms with E-state index in [0.29, 0.717) is 13.2 Å². The monoisotopic (exact) mass is 188 g/mol. The fraction of sp³-hybridized carbons (Fsp3) is 0.875. The number of hydroxylamine groups is 2. The maximum absolute atomic E-state index is 11.3. The fourth-order valence-electron chi connectivity index (χ4n) is 0.944. The number of rotatable bonds is 0. The summed E-state index contributed by atoms with van der Waals surface area (Å²) in [6.45, 7) is 6.19. The smallest absolute Gasteiger partial charge is 0.434 e. The van der Waals surface area contributed by atoms with Crippen LogP contribution in [0, 0.1) is 0 Å². The number of carbonyl (C=O) groups excluding carboxylic acids is 1. The van der Waals surface area contributed by atoms with Gasteiger partial charge in [0.05, 0.1) is 19.2 Å². The molecule has 1 heterocycles. The molecule has 1 fully saturated rings. The van der Waals surface area contributed by atoms with E-state index in [1.54, 1.807) is 20.8 Å². The second-order valence-corrected chi connectivity index (χ2v) is 4.10. The molecule has 0 saturated carbocycles. The lowest BCUT2D eigenvalue weighted by Crippen LogP contribution is -2.36. The first-order valence-electron chi connectivity index (χ1n) is 4.27. The molecule has 1 rings (SSSR count). The van der Waals surface area contributed by atoms with Crippen molar-refractivity contribution in [2.75, 3.05) is 13.2 Å². The molecular weight excluding hydrogens is 172 g/mol. The second kappa shape index (κ2) is 3.51. The van der Waals surface area contributed by atoms with Gasteiger partial charge in [-0.05, 0) is 20.8 Å². The molecule has 0 radical (unpaired) electrons. The van der Waals surface area contributed by atoms with Crippen molar-refractivity contribution >= 4 is 6.09 Å². The molecule has 1 atom stereocenters. The summed E-state index contributed by atoms with van der Waals surface area (Å²) in [5.41, 5.74) is 5.06. The average molecular weight is 188 g/mol. The van der Waals surface area contributed by atoms with Crippen molar-refractivity contribution < 1.29 is 14.4 Å². The molecule has 1 amide bonds. The Morgan fingerprint density at radius 3 is 2.62 bits per heavy atom. The van der Waals surface area contributed by atoms with Crippen LogP contribution in [0.4, 0.5) is 4.79 Å². The minimum atomic E-state index is -0.493. The molecule has 76 valence electrons. The summed E-state index contributed by atoms with van der Waals surface area (Å²) in [4.78, 5) is 16.3. The number of amides is 1. The van der Waals surface area contributed by atoms with Crippen LogP contribution < -0.4 is 5.73 Å². The quantitative estimate of drug-likeness (QED) is 0.601. The van der Waals surface area contributed by atoms with Crippen LogP contribution in [0.1, 0.15) is 20.8 Å². The van der Waals surface area contributed by atoms with E-state index in [-0.39, 0.29) is 6.04 Å². The molecule has 0 unspecified atom stereocenters. The molecule has 1 saturated heterocycles. The summed E-state index contributed by atoms with van der Waals surface area (Å²) in [7, 11) is 0. The third kappa shape index (κ3) is 3.20. The average Bonchev–Trinajstić information content (AvgIpc) is 2.31. The summed E-state index contributed by atoms with van der Waals surface area (Å²) < 4.78 is 5.08. The van der Waals surface area contributed by atoms with Crippen LogP contribution in [0.25, 0.3) is 0 Å². The fourth-order valence-corrected chi connectivity index (χ4v) is 0.944. The van der Waals surface area contributed by atoms with Gasteiger partial charge in [-0.2, -0.15) is 5.06 Å². The number of hydrogen-bond acceptors (Lipinski definition) is 4. The molecule has 0 aliphatic carbocycles. The molecular formula is C8H16N2O3.